The van der Waals surface area contributed by atoms with E-state index < -0.39 is 0 Å². The molecule has 0 radical (unpaired) electrons. The number of hydrogen-bond acceptors (Lipinski definition) is 1. The van der Waals surface area contributed by atoms with E-state index >= 15 is 0 Å². The van der Waals surface area contributed by atoms with Crippen molar-refractivity contribution < 1.29 is 5.11 Å². The second kappa shape index (κ2) is 3.09. The maximum absolute atomic E-state index is 9.01. The van der Waals surface area contributed by atoms with Gasteiger partial charge in [-0.05, 0) is 42.1 Å². The van der Waals surface area contributed by atoms with Crippen molar-refractivity contribution in [3.63, 3.8) is 0 Å². The highest BCUT2D eigenvalue weighted by atomic mass is 16.3. The smallest absolute Gasteiger partial charge is 0.0462 e. The van der Waals surface area contributed by atoms with Gasteiger partial charge in [0.15, 0.2) is 0 Å². The lowest BCUT2D eigenvalue weighted by molar-refractivity contribution is 0.266. The fourth-order valence-corrected chi connectivity index (χ4v) is 2.78. The average molecular weight is 188 g/mol. The number of rotatable bonds is 3. The zero-order valence-corrected chi connectivity index (χ0v) is 8.26. The number of aliphatic hydroxyl groups excluding tert-OH is 1. The van der Waals surface area contributed by atoms with Crippen LogP contribution in [0.4, 0.5) is 0 Å². The molecule has 4 atom stereocenters. The molecule has 0 spiro atoms. The molecule has 1 N–H and O–H groups in total. The molecule has 14 heavy (non-hydrogen) atoms. The van der Waals surface area contributed by atoms with Crippen molar-refractivity contribution in [3.05, 3.63) is 35.9 Å². The summed E-state index contributed by atoms with van der Waals surface area (Å²) in [5.41, 5.74) is 1.50. The third-order valence-electron chi connectivity index (χ3n) is 3.83. The number of aliphatic hydroxyl groups is 1. The normalized spacial score (nSPS) is 39.5. The minimum Gasteiger partial charge on any atom is -0.396 e. The first-order valence-electron chi connectivity index (χ1n) is 5.56. The van der Waals surface area contributed by atoms with Gasteiger partial charge in [0.25, 0.3) is 0 Å². The van der Waals surface area contributed by atoms with Gasteiger partial charge in [-0.25, -0.2) is 0 Å². The van der Waals surface area contributed by atoms with Gasteiger partial charge >= 0.3 is 0 Å². The zero-order valence-electron chi connectivity index (χ0n) is 8.26. The summed E-state index contributed by atoms with van der Waals surface area (Å²) in [7, 11) is 0. The van der Waals surface area contributed by atoms with Crippen molar-refractivity contribution >= 4 is 0 Å². The minimum atomic E-state index is 0.405. The molecule has 2 fully saturated rings. The van der Waals surface area contributed by atoms with Crippen LogP contribution >= 0.6 is 0 Å². The molecule has 1 aromatic carbocycles. The van der Waals surface area contributed by atoms with Crippen LogP contribution in [0.2, 0.25) is 0 Å². The fraction of sp³-hybridized carbons (Fsp3) is 0.538. The molecule has 1 aromatic rings. The van der Waals surface area contributed by atoms with Crippen LogP contribution in [0.5, 0.6) is 0 Å². The molecule has 0 aromatic heterocycles. The molecule has 0 unspecified atom stereocenters. The second-order valence-corrected chi connectivity index (χ2v) is 4.76. The molecular formula is C13H16O. The first-order chi connectivity index (χ1) is 6.90. The van der Waals surface area contributed by atoms with Gasteiger partial charge in [0.1, 0.15) is 0 Å². The summed E-state index contributed by atoms with van der Waals surface area (Å²) < 4.78 is 0. The van der Waals surface area contributed by atoms with Crippen molar-refractivity contribution in [2.24, 2.45) is 17.8 Å². The predicted molar refractivity (Wildman–Crippen MR) is 56.0 cm³/mol. The van der Waals surface area contributed by atoms with E-state index in [4.69, 9.17) is 5.11 Å². The third-order valence-corrected chi connectivity index (χ3v) is 3.83. The van der Waals surface area contributed by atoms with Gasteiger partial charge in [-0.2, -0.15) is 0 Å². The first-order valence-corrected chi connectivity index (χ1v) is 5.56. The zero-order chi connectivity index (χ0) is 9.54. The average Bonchev–Trinajstić information content (AvgIpc) is 3.12. The lowest BCUT2D eigenvalue weighted by Gasteiger charge is -1.98. The molecule has 0 saturated heterocycles. The molecule has 3 rings (SSSR count). The molecule has 1 nitrogen and oxygen atoms in total. The van der Waals surface area contributed by atoms with Gasteiger partial charge in [0, 0.05) is 6.61 Å². The largest absolute Gasteiger partial charge is 0.396 e. The van der Waals surface area contributed by atoms with E-state index in [1.54, 1.807) is 0 Å². The van der Waals surface area contributed by atoms with Crippen molar-refractivity contribution in [1.29, 1.82) is 0 Å². The van der Waals surface area contributed by atoms with Crippen molar-refractivity contribution in [3.8, 4) is 0 Å². The van der Waals surface area contributed by atoms with E-state index in [9.17, 15) is 0 Å². The van der Waals surface area contributed by atoms with Crippen LogP contribution in [0, 0.1) is 17.8 Å². The Kier molecular flexibility index (Phi) is 1.88. The number of benzene rings is 1. The Bertz CT molecular complexity index is 319. The van der Waals surface area contributed by atoms with Gasteiger partial charge in [0.05, 0.1) is 0 Å². The van der Waals surface area contributed by atoms with Gasteiger partial charge < -0.3 is 5.11 Å². The summed E-state index contributed by atoms with van der Waals surface area (Å²) in [5.74, 6) is 3.16. The van der Waals surface area contributed by atoms with Gasteiger partial charge in [-0.15, -0.1) is 0 Å². The van der Waals surface area contributed by atoms with Crippen LogP contribution < -0.4 is 0 Å². The maximum atomic E-state index is 9.01. The Morgan fingerprint density at radius 1 is 1.07 bits per heavy atom. The molecule has 0 amide bonds. The Balaban J connectivity index is 1.64. The van der Waals surface area contributed by atoms with Crippen LogP contribution in [0.3, 0.4) is 0 Å². The predicted octanol–water partition coefficient (Wildman–Crippen LogP) is 2.42. The maximum Gasteiger partial charge on any atom is 0.0462 e. The summed E-state index contributed by atoms with van der Waals surface area (Å²) in [6.45, 7) is 0.405. The molecule has 0 aliphatic heterocycles. The Hall–Kier alpha value is -0.820. The van der Waals surface area contributed by atoms with E-state index in [0.717, 1.165) is 17.8 Å². The SMILES string of the molecule is OC[C@H]1C[C@H]1[C@H]1C[C@@H]1c1ccccc1. The summed E-state index contributed by atoms with van der Waals surface area (Å²) in [4.78, 5) is 0. The second-order valence-electron chi connectivity index (χ2n) is 4.76. The van der Waals surface area contributed by atoms with Gasteiger partial charge in [0.2, 0.25) is 0 Å². The summed E-state index contributed by atoms with van der Waals surface area (Å²) in [6.07, 6.45) is 2.62. The van der Waals surface area contributed by atoms with Crippen LogP contribution in [-0.4, -0.2) is 11.7 Å². The van der Waals surface area contributed by atoms with Crippen LogP contribution in [0.25, 0.3) is 0 Å². The summed E-state index contributed by atoms with van der Waals surface area (Å²) >= 11 is 0. The summed E-state index contributed by atoms with van der Waals surface area (Å²) in [5, 5.41) is 9.01. The molecule has 2 aliphatic carbocycles. The van der Waals surface area contributed by atoms with Crippen molar-refractivity contribution in [1.82, 2.24) is 0 Å². The fourth-order valence-electron chi connectivity index (χ4n) is 2.78. The van der Waals surface area contributed by atoms with E-state index in [1.807, 2.05) is 0 Å². The highest BCUT2D eigenvalue weighted by molar-refractivity contribution is 5.27. The van der Waals surface area contributed by atoms with Gasteiger partial charge in [-0.1, -0.05) is 30.3 Å². The standard InChI is InChI=1S/C13H16O/c14-8-10-6-11(10)13-7-12(13)9-4-2-1-3-5-9/h1-5,10-14H,6-8H2/t10-,11-,12-,13-/m1/s1. The highest BCUT2D eigenvalue weighted by Gasteiger charge is 2.53. The lowest BCUT2D eigenvalue weighted by Crippen LogP contribution is -1.92. The van der Waals surface area contributed by atoms with E-state index in [2.05, 4.69) is 30.3 Å². The molecule has 2 aliphatic rings. The number of hydrogen-bond donors (Lipinski definition) is 1. The molecule has 0 heterocycles. The van der Waals surface area contributed by atoms with Crippen LogP contribution in [-0.2, 0) is 0 Å². The monoisotopic (exact) mass is 188 g/mol. The quantitative estimate of drug-likeness (QED) is 0.772. The Labute approximate surface area is 84.8 Å². The molecule has 0 bridgehead atoms. The van der Waals surface area contributed by atoms with E-state index in [1.165, 1.54) is 18.4 Å². The Morgan fingerprint density at radius 2 is 1.86 bits per heavy atom. The first kappa shape index (κ1) is 8.49. The van der Waals surface area contributed by atoms with Crippen LogP contribution in [0.15, 0.2) is 30.3 Å². The van der Waals surface area contributed by atoms with Crippen LogP contribution in [0.1, 0.15) is 24.3 Å². The van der Waals surface area contributed by atoms with Gasteiger partial charge in [-0.3, -0.25) is 0 Å². The molecular weight excluding hydrogens is 172 g/mol. The van der Waals surface area contributed by atoms with E-state index in [-0.39, 0.29) is 0 Å². The van der Waals surface area contributed by atoms with E-state index in [0.29, 0.717) is 12.5 Å². The molecule has 2 saturated carbocycles. The molecule has 74 valence electrons. The van der Waals surface area contributed by atoms with Crippen molar-refractivity contribution in [2.45, 2.75) is 18.8 Å². The highest BCUT2D eigenvalue weighted by Crippen LogP contribution is 2.61. The third kappa shape index (κ3) is 1.36. The Morgan fingerprint density at radius 3 is 2.50 bits per heavy atom. The summed E-state index contributed by atoms with van der Waals surface area (Å²) in [6, 6.07) is 10.8. The molecule has 1 heteroatoms. The lowest BCUT2D eigenvalue weighted by atomic mass is 10.1. The topological polar surface area (TPSA) is 20.2 Å². The van der Waals surface area contributed by atoms with Crippen molar-refractivity contribution in [2.75, 3.05) is 6.61 Å². The minimum absolute atomic E-state index is 0.405.